The van der Waals surface area contributed by atoms with Gasteiger partial charge in [-0.3, -0.25) is 0 Å². The Kier molecular flexibility index (Phi) is 7.09. The van der Waals surface area contributed by atoms with Crippen LogP contribution in [0, 0.1) is 0 Å². The van der Waals surface area contributed by atoms with Crippen molar-refractivity contribution in [2.75, 3.05) is 0 Å². The standard InChI is InChI=1S/C41H29NO/c43-41-37(31-18-8-2-9-19-31)28-36(29-38(41)32-20-10-3-11-21-32)42-39(33-22-12-4-13-23-33)26-35(30-16-6-1-7-17-30)27-40(42)34-24-14-5-15-25-34/h1-29H/p+1. The summed E-state index contributed by atoms with van der Waals surface area (Å²) in [6.07, 6.45) is 0. The molecule has 0 unspecified atom stereocenters. The fourth-order valence-electron chi connectivity index (χ4n) is 5.74. The van der Waals surface area contributed by atoms with E-state index in [0.29, 0.717) is 0 Å². The van der Waals surface area contributed by atoms with Crippen molar-refractivity contribution in [3.05, 3.63) is 176 Å². The molecule has 0 atom stereocenters. The Hall–Kier alpha value is -5.73. The molecule has 0 aliphatic heterocycles. The van der Waals surface area contributed by atoms with E-state index in [2.05, 4.69) is 120 Å². The third kappa shape index (κ3) is 5.23. The lowest BCUT2D eigenvalue weighted by atomic mass is 9.94. The van der Waals surface area contributed by atoms with Crippen LogP contribution in [0.15, 0.2) is 176 Å². The Labute approximate surface area is 252 Å². The smallest absolute Gasteiger partial charge is 0.219 e. The SMILES string of the molecule is Oc1c(-c2ccccc2)cc(-[n+]2c(-c3ccccc3)cc(-c3ccccc3)cc2-c2ccccc2)cc1-c1ccccc1. The number of aromatic nitrogens is 1. The number of phenols is 1. The second-order valence-corrected chi connectivity index (χ2v) is 10.6. The van der Waals surface area contributed by atoms with Crippen molar-refractivity contribution in [2.45, 2.75) is 0 Å². The van der Waals surface area contributed by atoms with Gasteiger partial charge in [0.05, 0.1) is 0 Å². The zero-order chi connectivity index (χ0) is 29.0. The predicted octanol–water partition coefficient (Wildman–Crippen LogP) is 10.0. The molecule has 2 nitrogen and oxygen atoms in total. The highest BCUT2D eigenvalue weighted by Crippen LogP contribution is 2.40. The Balaban J connectivity index is 1.60. The number of benzene rings is 6. The van der Waals surface area contributed by atoms with E-state index in [4.69, 9.17) is 0 Å². The summed E-state index contributed by atoms with van der Waals surface area (Å²) in [5.41, 5.74) is 11.1. The second kappa shape index (κ2) is 11.6. The van der Waals surface area contributed by atoms with Gasteiger partial charge in [0.25, 0.3) is 0 Å². The topological polar surface area (TPSA) is 24.1 Å². The number of phenolic OH excluding ortho intramolecular Hbond substituents is 1. The maximum atomic E-state index is 11.7. The third-order valence-corrected chi connectivity index (χ3v) is 7.83. The summed E-state index contributed by atoms with van der Waals surface area (Å²) < 4.78 is 2.33. The van der Waals surface area contributed by atoms with Gasteiger partial charge in [0.1, 0.15) is 5.75 Å². The van der Waals surface area contributed by atoms with E-state index in [9.17, 15) is 5.11 Å². The Morgan fingerprint density at radius 1 is 0.326 bits per heavy atom. The lowest BCUT2D eigenvalue weighted by Crippen LogP contribution is -2.36. The maximum absolute atomic E-state index is 11.7. The molecule has 6 aromatic carbocycles. The summed E-state index contributed by atoms with van der Waals surface area (Å²) in [6, 6.07) is 60.6. The van der Waals surface area contributed by atoms with Crippen LogP contribution in [-0.2, 0) is 0 Å². The van der Waals surface area contributed by atoms with Crippen LogP contribution in [0.1, 0.15) is 0 Å². The Morgan fingerprint density at radius 2 is 0.651 bits per heavy atom. The molecule has 0 radical (unpaired) electrons. The summed E-state index contributed by atoms with van der Waals surface area (Å²) in [7, 11) is 0. The number of hydrogen-bond donors (Lipinski definition) is 1. The van der Waals surface area contributed by atoms with E-state index < -0.39 is 0 Å². The zero-order valence-electron chi connectivity index (χ0n) is 23.6. The molecule has 0 aliphatic carbocycles. The van der Waals surface area contributed by atoms with Crippen LogP contribution in [0.5, 0.6) is 5.75 Å². The molecule has 0 saturated carbocycles. The lowest BCUT2D eigenvalue weighted by molar-refractivity contribution is -0.572. The first-order valence-electron chi connectivity index (χ1n) is 14.5. The van der Waals surface area contributed by atoms with Crippen molar-refractivity contribution in [1.82, 2.24) is 0 Å². The Bertz CT molecular complexity index is 1870. The van der Waals surface area contributed by atoms with E-state index in [1.165, 1.54) is 0 Å². The van der Waals surface area contributed by atoms with Crippen molar-refractivity contribution in [3.8, 4) is 67.3 Å². The van der Waals surface area contributed by atoms with Crippen molar-refractivity contribution in [2.24, 2.45) is 0 Å². The first-order valence-corrected chi connectivity index (χ1v) is 14.5. The van der Waals surface area contributed by atoms with Crippen LogP contribution in [0.4, 0.5) is 0 Å². The van der Waals surface area contributed by atoms with Crippen LogP contribution < -0.4 is 4.57 Å². The summed E-state index contributed by atoms with van der Waals surface area (Å²) in [5, 5.41) is 11.7. The van der Waals surface area contributed by atoms with E-state index in [-0.39, 0.29) is 5.75 Å². The van der Waals surface area contributed by atoms with Gasteiger partial charge in [0, 0.05) is 46.5 Å². The molecule has 43 heavy (non-hydrogen) atoms. The van der Waals surface area contributed by atoms with E-state index in [1.807, 2.05) is 60.7 Å². The van der Waals surface area contributed by atoms with E-state index in [1.54, 1.807) is 0 Å². The molecule has 2 heteroatoms. The molecule has 1 aromatic heterocycles. The number of rotatable bonds is 6. The molecule has 204 valence electrons. The van der Waals surface area contributed by atoms with Crippen LogP contribution in [0.3, 0.4) is 0 Å². The average Bonchev–Trinajstić information content (AvgIpc) is 3.10. The van der Waals surface area contributed by atoms with Crippen molar-refractivity contribution < 1.29 is 9.67 Å². The highest BCUT2D eigenvalue weighted by Gasteiger charge is 2.27. The molecule has 0 aliphatic rings. The molecule has 0 saturated heterocycles. The fourth-order valence-corrected chi connectivity index (χ4v) is 5.74. The fraction of sp³-hybridized carbons (Fsp3) is 0. The minimum absolute atomic E-state index is 0.269. The van der Waals surface area contributed by atoms with Gasteiger partial charge in [-0.05, 0) is 46.5 Å². The highest BCUT2D eigenvalue weighted by molar-refractivity contribution is 5.84. The van der Waals surface area contributed by atoms with Gasteiger partial charge in [0.2, 0.25) is 17.1 Å². The van der Waals surface area contributed by atoms with E-state index in [0.717, 1.165) is 61.6 Å². The minimum Gasteiger partial charge on any atom is -0.507 e. The Morgan fingerprint density at radius 3 is 1.02 bits per heavy atom. The predicted molar refractivity (Wildman–Crippen MR) is 177 cm³/mol. The number of nitrogens with zero attached hydrogens (tertiary/aromatic N) is 1. The van der Waals surface area contributed by atoms with Crippen molar-refractivity contribution >= 4 is 0 Å². The number of hydrogen-bond acceptors (Lipinski definition) is 1. The summed E-state index contributed by atoms with van der Waals surface area (Å²) in [6.45, 7) is 0. The quantitative estimate of drug-likeness (QED) is 0.204. The van der Waals surface area contributed by atoms with Crippen LogP contribution in [-0.4, -0.2) is 5.11 Å². The molecule has 1 N–H and O–H groups in total. The van der Waals surface area contributed by atoms with Crippen LogP contribution in [0.25, 0.3) is 61.6 Å². The highest BCUT2D eigenvalue weighted by atomic mass is 16.3. The summed E-state index contributed by atoms with van der Waals surface area (Å²) in [5.74, 6) is 0.269. The van der Waals surface area contributed by atoms with Gasteiger partial charge in [-0.25, -0.2) is 0 Å². The molecule has 0 bridgehead atoms. The van der Waals surface area contributed by atoms with Gasteiger partial charge in [-0.1, -0.05) is 127 Å². The van der Waals surface area contributed by atoms with Gasteiger partial charge < -0.3 is 5.11 Å². The first-order chi connectivity index (χ1) is 21.3. The molecule has 7 aromatic rings. The largest absolute Gasteiger partial charge is 0.507 e. The van der Waals surface area contributed by atoms with E-state index >= 15 is 0 Å². The lowest BCUT2D eigenvalue weighted by Gasteiger charge is -2.16. The number of pyridine rings is 1. The summed E-state index contributed by atoms with van der Waals surface area (Å²) >= 11 is 0. The van der Waals surface area contributed by atoms with Gasteiger partial charge in [0.15, 0.2) is 0 Å². The van der Waals surface area contributed by atoms with Crippen LogP contribution in [0.2, 0.25) is 0 Å². The molecular formula is C41H30NO+. The molecular weight excluding hydrogens is 522 g/mol. The van der Waals surface area contributed by atoms with Crippen LogP contribution >= 0.6 is 0 Å². The van der Waals surface area contributed by atoms with Gasteiger partial charge in [-0.2, -0.15) is 4.57 Å². The summed E-state index contributed by atoms with van der Waals surface area (Å²) in [4.78, 5) is 0. The molecule has 0 fully saturated rings. The van der Waals surface area contributed by atoms with Gasteiger partial charge in [-0.15, -0.1) is 0 Å². The zero-order valence-corrected chi connectivity index (χ0v) is 23.6. The molecule has 1 heterocycles. The van der Waals surface area contributed by atoms with Gasteiger partial charge >= 0.3 is 0 Å². The van der Waals surface area contributed by atoms with Crippen molar-refractivity contribution in [1.29, 1.82) is 0 Å². The molecule has 0 amide bonds. The van der Waals surface area contributed by atoms with Crippen molar-refractivity contribution in [3.63, 3.8) is 0 Å². The third-order valence-electron chi connectivity index (χ3n) is 7.83. The molecule has 7 rings (SSSR count). The normalized spacial score (nSPS) is 10.9. The average molecular weight is 553 g/mol. The second-order valence-electron chi connectivity index (χ2n) is 10.6. The number of aromatic hydroxyl groups is 1. The minimum atomic E-state index is 0.269. The monoisotopic (exact) mass is 552 g/mol. The first kappa shape index (κ1) is 26.2. The molecule has 0 spiro atoms. The maximum Gasteiger partial charge on any atom is 0.219 e.